The lowest BCUT2D eigenvalue weighted by Crippen LogP contribution is -2.66. The van der Waals surface area contributed by atoms with Crippen LogP contribution in [-0.4, -0.2) is 64.2 Å². The van der Waals surface area contributed by atoms with E-state index >= 15 is 0 Å². The highest BCUT2D eigenvalue weighted by molar-refractivity contribution is 6.73. The van der Waals surface area contributed by atoms with Crippen molar-refractivity contribution in [2.24, 2.45) is 0 Å². The number of amides is 1. The zero-order valence-electron chi connectivity index (χ0n) is 26.3. The summed E-state index contributed by atoms with van der Waals surface area (Å²) in [4.78, 5) is 37.0. The van der Waals surface area contributed by atoms with Gasteiger partial charge in [-0.05, 0) is 19.9 Å². The number of H-pyrrole nitrogens is 1. The van der Waals surface area contributed by atoms with Crippen molar-refractivity contribution in [3.05, 3.63) is 51.0 Å². The third kappa shape index (κ3) is 5.00. The first kappa shape index (κ1) is 31.2. The maximum absolute atomic E-state index is 12.8. The molecule has 15 nitrogen and oxygen atoms in total. The molecule has 242 valence electrons. The molecule has 2 aliphatic heterocycles. The Morgan fingerprint density at radius 3 is 2.56 bits per heavy atom. The monoisotopic (exact) mass is 643 g/mol. The quantitative estimate of drug-likeness (QED) is 0.271. The zero-order chi connectivity index (χ0) is 32.7. The molecule has 0 spiro atoms. The van der Waals surface area contributed by atoms with E-state index in [1.165, 1.54) is 23.9 Å². The van der Waals surface area contributed by atoms with E-state index in [1.807, 2.05) is 0 Å². The van der Waals surface area contributed by atoms with E-state index in [-0.39, 0.29) is 45.9 Å². The van der Waals surface area contributed by atoms with E-state index in [0.717, 1.165) is 0 Å². The van der Waals surface area contributed by atoms with Crippen molar-refractivity contribution in [3.8, 4) is 0 Å². The average Bonchev–Trinajstić information content (AvgIpc) is 3.51. The maximum atomic E-state index is 12.8. The summed E-state index contributed by atoms with van der Waals surface area (Å²) in [6.45, 7) is 15.6. The summed E-state index contributed by atoms with van der Waals surface area (Å²) in [5.74, 6) is -0.653. The second kappa shape index (κ2) is 10.3. The molecule has 0 bridgehead atoms. The van der Waals surface area contributed by atoms with Crippen molar-refractivity contribution in [1.82, 2.24) is 20.0 Å². The highest BCUT2D eigenvalue weighted by Gasteiger charge is 2.67. The Kier molecular flexibility index (Phi) is 7.17. The lowest BCUT2D eigenvalue weighted by molar-refractivity contribution is -0.0994. The molecule has 4 aromatic rings. The number of hydrogen-bond donors (Lipinski definition) is 3. The predicted molar refractivity (Wildman–Crippen MR) is 162 cm³/mol. The van der Waals surface area contributed by atoms with Crippen LogP contribution < -0.4 is 16.7 Å². The predicted octanol–water partition coefficient (Wildman–Crippen LogP) is 3.98. The van der Waals surface area contributed by atoms with Gasteiger partial charge in [-0.15, -0.1) is 0 Å². The summed E-state index contributed by atoms with van der Waals surface area (Å²) in [5, 5.41) is 26.2. The van der Waals surface area contributed by atoms with Crippen LogP contribution in [0.3, 0.4) is 0 Å². The van der Waals surface area contributed by atoms with E-state index < -0.39 is 50.1 Å². The van der Waals surface area contributed by atoms with Crippen molar-refractivity contribution >= 4 is 42.0 Å². The molecule has 6 rings (SSSR count). The van der Waals surface area contributed by atoms with Crippen molar-refractivity contribution in [2.75, 3.05) is 11.9 Å². The second-order valence-electron chi connectivity index (χ2n) is 13.8. The van der Waals surface area contributed by atoms with Gasteiger partial charge in [-0.3, -0.25) is 10.1 Å². The molecule has 45 heavy (non-hydrogen) atoms. The molecule has 4 unspecified atom stereocenters. The molecule has 0 radical (unpaired) electrons. The molecule has 2 aliphatic rings. The minimum Gasteiger partial charge on any atom is -0.441 e. The Morgan fingerprint density at radius 2 is 1.91 bits per heavy atom. The third-order valence-electron chi connectivity index (χ3n) is 8.54. The Bertz CT molecular complexity index is 1900. The largest absolute Gasteiger partial charge is 0.519 e. The van der Waals surface area contributed by atoms with Gasteiger partial charge in [0.25, 0.3) is 5.56 Å². The molecule has 16 heteroatoms. The Morgan fingerprint density at radius 1 is 1.20 bits per heavy atom. The molecular weight excluding hydrogens is 606 g/mol. The van der Waals surface area contributed by atoms with E-state index in [2.05, 4.69) is 62.2 Å². The summed E-state index contributed by atoms with van der Waals surface area (Å²) in [6.07, 6.45) is -0.223. The van der Waals surface area contributed by atoms with Crippen LogP contribution in [-0.2, 0) is 24.9 Å². The average molecular weight is 644 g/mol. The number of aromatic nitrogens is 4. The van der Waals surface area contributed by atoms with Gasteiger partial charge < -0.3 is 32.3 Å². The fourth-order valence-electron chi connectivity index (χ4n) is 6.68. The molecule has 5 heterocycles. The van der Waals surface area contributed by atoms with Gasteiger partial charge in [-0.1, -0.05) is 41.5 Å². The number of anilines is 1. The summed E-state index contributed by atoms with van der Waals surface area (Å²) in [7, 11) is -2.94. The van der Waals surface area contributed by atoms with E-state index in [4.69, 9.17) is 27.2 Å². The number of nitrogens with zero attached hydrogens (tertiary/aromatic N) is 3. The normalized spacial score (nSPS) is 25.0. The molecule has 3 N–H and O–H groups in total. The standard InChI is InChI=1S/C29H37N5O10Si/c1-14-19(43-26(37)41-14)12-39-25(36)31-17-9-15-21-16(17)11-34(33-18(21)10-30-32-23(15)35)24-29(8,38)22-20(42-24)13-40-45(44-22,27(2,3)4)28(5,6)7/h9-11,20,22,24,38H,12-13H2,1-8H3,(H,31,36)(H,32,35). The van der Waals surface area contributed by atoms with Crippen LogP contribution in [0.15, 0.2) is 36.9 Å². The summed E-state index contributed by atoms with van der Waals surface area (Å²) < 4.78 is 36.1. The van der Waals surface area contributed by atoms with Crippen LogP contribution in [0.1, 0.15) is 66.2 Å². The number of aromatic amines is 1. The first-order valence-corrected chi connectivity index (χ1v) is 16.4. The minimum atomic E-state index is -2.94. The van der Waals surface area contributed by atoms with Crippen molar-refractivity contribution in [1.29, 1.82) is 0 Å². The number of carbonyl (C=O) groups excluding carboxylic acids is 1. The van der Waals surface area contributed by atoms with Gasteiger partial charge in [0, 0.05) is 27.0 Å². The molecule has 2 fully saturated rings. The van der Waals surface area contributed by atoms with E-state index in [0.29, 0.717) is 16.3 Å². The maximum Gasteiger partial charge on any atom is 0.519 e. The molecule has 0 saturated carbocycles. The highest BCUT2D eigenvalue weighted by atomic mass is 28.4. The highest BCUT2D eigenvalue weighted by Crippen LogP contribution is 2.57. The van der Waals surface area contributed by atoms with Crippen LogP contribution in [0, 0.1) is 6.92 Å². The van der Waals surface area contributed by atoms with Crippen LogP contribution in [0.2, 0.25) is 10.1 Å². The van der Waals surface area contributed by atoms with Crippen LogP contribution in [0.5, 0.6) is 0 Å². The van der Waals surface area contributed by atoms with Gasteiger partial charge in [0.15, 0.2) is 24.4 Å². The molecule has 4 atom stereocenters. The van der Waals surface area contributed by atoms with E-state index in [9.17, 15) is 19.5 Å². The molecule has 1 aromatic carbocycles. The first-order valence-electron chi connectivity index (χ1n) is 14.5. The second-order valence-corrected chi connectivity index (χ2v) is 18.6. The number of carbonyl (C=O) groups is 1. The van der Waals surface area contributed by atoms with E-state index in [1.54, 1.807) is 13.1 Å². The van der Waals surface area contributed by atoms with Crippen LogP contribution >= 0.6 is 0 Å². The van der Waals surface area contributed by atoms with Gasteiger partial charge >= 0.3 is 20.5 Å². The molecule has 2 saturated heterocycles. The lowest BCUT2D eigenvalue weighted by Gasteiger charge is -2.54. The number of hydrogen-bond acceptors (Lipinski definition) is 12. The Labute approximate surface area is 258 Å². The number of aliphatic hydroxyl groups is 1. The molecular formula is C29H37N5O10Si. The number of aryl methyl sites for hydroxylation is 1. The van der Waals surface area contributed by atoms with Crippen LogP contribution in [0.25, 0.3) is 21.7 Å². The minimum absolute atomic E-state index is 0.0656. The Hall–Kier alpha value is -3.83. The number of ether oxygens (including phenoxy) is 2. The SMILES string of the molecule is Cc1oc(=O)oc1COC(=O)Nc1cc2c(=O)[nH]ncc3nn(C4OC5CO[Si](C(C)(C)C)(C(C)(C)C)OC5C4(C)O)cc1c32. The van der Waals surface area contributed by atoms with Crippen molar-refractivity contribution in [3.63, 3.8) is 0 Å². The van der Waals surface area contributed by atoms with Gasteiger partial charge in [0.05, 0.1) is 23.9 Å². The fourth-order valence-corrected chi connectivity index (χ4v) is 11.7. The van der Waals surface area contributed by atoms with Crippen molar-refractivity contribution in [2.45, 2.75) is 96.1 Å². The number of rotatable bonds is 4. The summed E-state index contributed by atoms with van der Waals surface area (Å²) in [5.41, 5.74) is -1.51. The number of nitrogens with one attached hydrogen (secondary N) is 2. The number of fused-ring (bicyclic) bond motifs is 1. The zero-order valence-corrected chi connectivity index (χ0v) is 27.3. The molecule has 3 aromatic heterocycles. The molecule has 1 amide bonds. The van der Waals surface area contributed by atoms with Gasteiger partial charge in [-0.25, -0.2) is 19.4 Å². The lowest BCUT2D eigenvalue weighted by atomic mass is 9.97. The van der Waals surface area contributed by atoms with Gasteiger partial charge in [-0.2, -0.15) is 10.2 Å². The van der Waals surface area contributed by atoms with Crippen molar-refractivity contribution < 1.29 is 37.1 Å². The summed E-state index contributed by atoms with van der Waals surface area (Å²) >= 11 is 0. The van der Waals surface area contributed by atoms with Crippen LogP contribution in [0.4, 0.5) is 10.5 Å². The smallest absolute Gasteiger partial charge is 0.441 e. The van der Waals surface area contributed by atoms with Gasteiger partial charge in [0.2, 0.25) is 0 Å². The Balaban J connectivity index is 1.37. The fraction of sp³-hybridized carbons (Fsp3) is 0.552. The molecule has 0 aliphatic carbocycles. The topological polar surface area (TPSA) is 193 Å². The van der Waals surface area contributed by atoms with Gasteiger partial charge in [0.1, 0.15) is 23.3 Å². The third-order valence-corrected chi connectivity index (χ3v) is 13.6. The first-order chi connectivity index (χ1) is 20.9. The summed E-state index contributed by atoms with van der Waals surface area (Å²) in [6, 6.07) is 1.48.